The van der Waals surface area contributed by atoms with Crippen molar-refractivity contribution in [1.29, 1.82) is 0 Å². The maximum Gasteiger partial charge on any atom is 0.0562 e. The van der Waals surface area contributed by atoms with Crippen LogP contribution in [0.4, 0.5) is 0 Å². The van der Waals surface area contributed by atoms with Gasteiger partial charge in [-0.15, -0.1) is 0 Å². The normalized spacial score (nSPS) is 15.1. The molecule has 0 aliphatic carbocycles. The van der Waals surface area contributed by atoms with Gasteiger partial charge in [0, 0.05) is 18.4 Å². The average Bonchev–Trinajstić information content (AvgIpc) is 2.32. The molecule has 0 aliphatic heterocycles. The number of rotatable bonds is 8. The molecule has 0 aromatic heterocycles. The summed E-state index contributed by atoms with van der Waals surface area (Å²) in [6.45, 7) is 7.32. The molecule has 0 saturated carbocycles. The highest BCUT2D eigenvalue weighted by molar-refractivity contribution is 5.04. The summed E-state index contributed by atoms with van der Waals surface area (Å²) in [5.41, 5.74) is 15.0. The second-order valence-corrected chi connectivity index (χ2v) is 4.89. The van der Waals surface area contributed by atoms with E-state index in [1.165, 1.54) is 0 Å². The van der Waals surface area contributed by atoms with E-state index in [1.807, 2.05) is 25.3 Å². The van der Waals surface area contributed by atoms with Gasteiger partial charge in [0.05, 0.1) is 6.04 Å². The molecule has 100 valence electrons. The number of hydrogen-bond acceptors (Lipinski definition) is 5. The van der Waals surface area contributed by atoms with Gasteiger partial charge in [-0.2, -0.15) is 0 Å². The molecule has 5 heteroatoms. The number of nitrogens with two attached hydrogens (primary N) is 3. The monoisotopic (exact) mass is 241 g/mol. The van der Waals surface area contributed by atoms with Crippen molar-refractivity contribution in [2.75, 3.05) is 13.1 Å². The Morgan fingerprint density at radius 2 is 2.00 bits per heavy atom. The van der Waals surface area contributed by atoms with E-state index in [4.69, 9.17) is 17.3 Å². The lowest BCUT2D eigenvalue weighted by atomic mass is 9.88. The molecular weight excluding hydrogens is 214 g/mol. The van der Waals surface area contributed by atoms with E-state index in [2.05, 4.69) is 24.6 Å². The second-order valence-electron chi connectivity index (χ2n) is 4.89. The van der Waals surface area contributed by atoms with Gasteiger partial charge in [-0.25, -0.2) is 0 Å². The Morgan fingerprint density at radius 1 is 1.35 bits per heavy atom. The molecule has 0 radical (unpaired) electrons. The molecule has 5 nitrogen and oxygen atoms in total. The maximum atomic E-state index is 5.69. The Labute approximate surface area is 104 Å². The first kappa shape index (κ1) is 16.0. The molecule has 0 rings (SSSR count). The summed E-state index contributed by atoms with van der Waals surface area (Å²) in [7, 11) is 0. The topological polar surface area (TPSA) is 102 Å². The Balaban J connectivity index is 4.44. The van der Waals surface area contributed by atoms with Gasteiger partial charge in [0.1, 0.15) is 0 Å². The van der Waals surface area contributed by atoms with Crippen LogP contribution in [0.25, 0.3) is 0 Å². The van der Waals surface area contributed by atoms with Gasteiger partial charge >= 0.3 is 0 Å². The summed E-state index contributed by atoms with van der Waals surface area (Å²) < 4.78 is 0. The van der Waals surface area contributed by atoms with Crippen LogP contribution in [0.2, 0.25) is 0 Å². The number of hydrazine groups is 1. The molecule has 0 aliphatic rings. The van der Waals surface area contributed by atoms with Gasteiger partial charge < -0.3 is 22.2 Å². The van der Waals surface area contributed by atoms with Crippen molar-refractivity contribution in [2.24, 2.45) is 22.7 Å². The standard InChI is InChI=1S/C12H27N5/c1-4-5-10(7-13)16-8-11(17-15)6-12(2,3)9-14/h4-5,8,10,16-17H,6-7,9,13-15H2,1-3H3/b5-4-,11-8+. The highest BCUT2D eigenvalue weighted by Crippen LogP contribution is 2.21. The third-order valence-corrected chi connectivity index (χ3v) is 2.56. The van der Waals surface area contributed by atoms with E-state index in [0.29, 0.717) is 13.1 Å². The molecule has 0 aromatic rings. The van der Waals surface area contributed by atoms with Crippen LogP contribution in [-0.2, 0) is 0 Å². The fourth-order valence-corrected chi connectivity index (χ4v) is 1.37. The Kier molecular flexibility index (Phi) is 7.61. The van der Waals surface area contributed by atoms with E-state index >= 15 is 0 Å². The van der Waals surface area contributed by atoms with E-state index in [1.54, 1.807) is 0 Å². The van der Waals surface area contributed by atoms with E-state index in [9.17, 15) is 0 Å². The third kappa shape index (κ3) is 6.99. The summed E-state index contributed by atoms with van der Waals surface area (Å²) in [5, 5.41) is 3.21. The van der Waals surface area contributed by atoms with Crippen molar-refractivity contribution >= 4 is 0 Å². The highest BCUT2D eigenvalue weighted by atomic mass is 15.2. The summed E-state index contributed by atoms with van der Waals surface area (Å²) in [4.78, 5) is 0. The fraction of sp³-hybridized carbons (Fsp3) is 0.667. The zero-order valence-corrected chi connectivity index (χ0v) is 11.2. The molecule has 0 amide bonds. The lowest BCUT2D eigenvalue weighted by Gasteiger charge is -2.24. The molecule has 0 heterocycles. The largest absolute Gasteiger partial charge is 0.382 e. The van der Waals surface area contributed by atoms with Gasteiger partial charge in [0.15, 0.2) is 0 Å². The summed E-state index contributed by atoms with van der Waals surface area (Å²) in [5.74, 6) is 5.49. The minimum atomic E-state index is 0.0265. The molecule has 0 bridgehead atoms. The number of nitrogens with one attached hydrogen (secondary N) is 2. The minimum Gasteiger partial charge on any atom is -0.382 e. The maximum absolute atomic E-state index is 5.69. The lowest BCUT2D eigenvalue weighted by molar-refractivity contribution is 0.365. The van der Waals surface area contributed by atoms with E-state index in [0.717, 1.165) is 12.1 Å². The number of allylic oxidation sites excluding steroid dienone is 2. The van der Waals surface area contributed by atoms with Crippen LogP contribution < -0.4 is 28.1 Å². The fourth-order valence-electron chi connectivity index (χ4n) is 1.37. The second kappa shape index (κ2) is 8.11. The van der Waals surface area contributed by atoms with Gasteiger partial charge in [-0.3, -0.25) is 5.84 Å². The van der Waals surface area contributed by atoms with E-state index < -0.39 is 0 Å². The first-order valence-electron chi connectivity index (χ1n) is 5.93. The first-order valence-corrected chi connectivity index (χ1v) is 5.93. The zero-order valence-electron chi connectivity index (χ0n) is 11.2. The molecule has 0 spiro atoms. The molecule has 1 unspecified atom stereocenters. The van der Waals surface area contributed by atoms with Crippen molar-refractivity contribution < 1.29 is 0 Å². The third-order valence-electron chi connectivity index (χ3n) is 2.56. The van der Waals surface area contributed by atoms with Crippen molar-refractivity contribution in [3.05, 3.63) is 24.0 Å². The predicted molar refractivity (Wildman–Crippen MR) is 73.7 cm³/mol. The quantitative estimate of drug-likeness (QED) is 0.237. The summed E-state index contributed by atoms with van der Waals surface area (Å²) >= 11 is 0. The molecule has 0 saturated heterocycles. The van der Waals surface area contributed by atoms with Gasteiger partial charge in [0.2, 0.25) is 0 Å². The van der Waals surface area contributed by atoms with Crippen molar-refractivity contribution in [2.45, 2.75) is 33.2 Å². The molecule has 0 aromatic carbocycles. The molecule has 8 N–H and O–H groups in total. The average molecular weight is 241 g/mol. The summed E-state index contributed by atoms with van der Waals surface area (Å²) in [6, 6.07) is 0.129. The first-order chi connectivity index (χ1) is 7.99. The van der Waals surface area contributed by atoms with Crippen molar-refractivity contribution in [3.8, 4) is 0 Å². The van der Waals surface area contributed by atoms with Crippen LogP contribution in [-0.4, -0.2) is 19.1 Å². The van der Waals surface area contributed by atoms with Gasteiger partial charge in [0.25, 0.3) is 0 Å². The summed E-state index contributed by atoms with van der Waals surface area (Å²) in [6.07, 6.45) is 6.64. The van der Waals surface area contributed by atoms with Crippen LogP contribution >= 0.6 is 0 Å². The van der Waals surface area contributed by atoms with Crippen molar-refractivity contribution in [3.63, 3.8) is 0 Å². The van der Waals surface area contributed by atoms with Gasteiger partial charge in [-0.1, -0.05) is 26.0 Å². The minimum absolute atomic E-state index is 0.0265. The van der Waals surface area contributed by atoms with Crippen molar-refractivity contribution in [1.82, 2.24) is 10.7 Å². The Hall–Kier alpha value is -1.04. The van der Waals surface area contributed by atoms with E-state index in [-0.39, 0.29) is 11.5 Å². The SMILES string of the molecule is C/C=C\C(CN)N/C=C(\CC(C)(C)CN)NN. The molecule has 17 heavy (non-hydrogen) atoms. The van der Waals surface area contributed by atoms with Crippen LogP contribution in [0.3, 0.4) is 0 Å². The zero-order chi connectivity index (χ0) is 13.3. The van der Waals surface area contributed by atoms with Crippen LogP contribution in [0, 0.1) is 5.41 Å². The van der Waals surface area contributed by atoms with Gasteiger partial charge in [-0.05, 0) is 25.3 Å². The molecule has 1 atom stereocenters. The Morgan fingerprint density at radius 3 is 2.41 bits per heavy atom. The Bertz CT molecular complexity index is 258. The highest BCUT2D eigenvalue weighted by Gasteiger charge is 2.17. The smallest absolute Gasteiger partial charge is 0.0562 e. The van der Waals surface area contributed by atoms with Crippen LogP contribution in [0.1, 0.15) is 27.2 Å². The molecular formula is C12H27N5. The van der Waals surface area contributed by atoms with Crippen LogP contribution in [0.15, 0.2) is 24.0 Å². The number of hydrogen-bond donors (Lipinski definition) is 5. The lowest BCUT2D eigenvalue weighted by Crippen LogP contribution is -2.34. The predicted octanol–water partition coefficient (Wildman–Crippen LogP) is 0.159. The van der Waals surface area contributed by atoms with Crippen LogP contribution in [0.5, 0.6) is 0 Å². The molecule has 0 fully saturated rings.